The number of ether oxygens (including phenoxy) is 1. The molecule has 0 fully saturated rings. The van der Waals surface area contributed by atoms with Gasteiger partial charge in [-0.25, -0.2) is 4.79 Å². The molecule has 0 atom stereocenters. The van der Waals surface area contributed by atoms with Gasteiger partial charge in [-0.1, -0.05) is 12.2 Å². The smallest absolute Gasteiger partial charge is 0.338 e. The van der Waals surface area contributed by atoms with Gasteiger partial charge in [-0.2, -0.15) is 0 Å². The van der Waals surface area contributed by atoms with Gasteiger partial charge in [-0.3, -0.25) is 0 Å². The topological polar surface area (TPSA) is 42.1 Å². The number of hydrogen-bond donors (Lipinski definition) is 1. The minimum atomic E-state index is -0.337. The Kier molecular flexibility index (Phi) is 3.49. The fourth-order valence-electron chi connectivity index (χ4n) is 1.75. The summed E-state index contributed by atoms with van der Waals surface area (Å²) in [5, 5.41) is 0.861. The Morgan fingerprint density at radius 2 is 2.35 bits per heavy atom. The van der Waals surface area contributed by atoms with Crippen LogP contribution in [-0.4, -0.2) is 23.9 Å². The number of rotatable bonds is 3. The SMILES string of the molecule is COC(=O)c1cc(C=CCCl)cc2[nH]ccc12. The quantitative estimate of drug-likeness (QED) is 0.670. The van der Waals surface area contributed by atoms with Crippen molar-refractivity contribution in [2.24, 2.45) is 0 Å². The molecule has 88 valence electrons. The molecule has 2 rings (SSSR count). The molecule has 1 heterocycles. The fraction of sp³-hybridized carbons (Fsp3) is 0.154. The van der Waals surface area contributed by atoms with E-state index in [1.54, 1.807) is 12.3 Å². The summed E-state index contributed by atoms with van der Waals surface area (Å²) in [4.78, 5) is 14.7. The first kappa shape index (κ1) is 11.7. The lowest BCUT2D eigenvalue weighted by Crippen LogP contribution is -2.02. The van der Waals surface area contributed by atoms with Crippen LogP contribution in [-0.2, 0) is 4.74 Å². The number of carbonyl (C=O) groups is 1. The van der Waals surface area contributed by atoms with Crippen molar-refractivity contribution in [3.63, 3.8) is 0 Å². The summed E-state index contributed by atoms with van der Waals surface area (Å²) in [5.41, 5.74) is 2.38. The van der Waals surface area contributed by atoms with Gasteiger partial charge < -0.3 is 9.72 Å². The highest BCUT2D eigenvalue weighted by Gasteiger charge is 2.11. The Morgan fingerprint density at radius 1 is 1.53 bits per heavy atom. The number of carbonyl (C=O) groups excluding carboxylic acids is 1. The molecule has 0 saturated heterocycles. The normalized spacial score (nSPS) is 11.2. The van der Waals surface area contributed by atoms with Gasteiger partial charge in [0.1, 0.15) is 0 Å². The molecule has 17 heavy (non-hydrogen) atoms. The van der Waals surface area contributed by atoms with E-state index < -0.39 is 0 Å². The number of aromatic nitrogens is 1. The third-order valence-electron chi connectivity index (χ3n) is 2.50. The van der Waals surface area contributed by atoms with Crippen LogP contribution >= 0.6 is 11.6 Å². The molecule has 1 N–H and O–H groups in total. The van der Waals surface area contributed by atoms with Crippen molar-refractivity contribution in [3.05, 3.63) is 41.6 Å². The summed E-state index contributed by atoms with van der Waals surface area (Å²) in [6.45, 7) is 0. The van der Waals surface area contributed by atoms with Gasteiger partial charge in [-0.05, 0) is 23.8 Å². The number of alkyl halides is 1. The molecule has 2 aromatic rings. The summed E-state index contributed by atoms with van der Waals surface area (Å²) in [6.07, 6.45) is 5.50. The van der Waals surface area contributed by atoms with Crippen LogP contribution in [0.2, 0.25) is 0 Å². The van der Waals surface area contributed by atoms with Gasteiger partial charge >= 0.3 is 5.97 Å². The third-order valence-corrected chi connectivity index (χ3v) is 2.67. The highest BCUT2D eigenvalue weighted by molar-refractivity contribution is 6.19. The van der Waals surface area contributed by atoms with Crippen LogP contribution < -0.4 is 0 Å². The molecule has 0 aliphatic rings. The van der Waals surface area contributed by atoms with E-state index in [0.717, 1.165) is 16.5 Å². The van der Waals surface area contributed by atoms with E-state index in [9.17, 15) is 4.79 Å². The predicted octanol–water partition coefficient (Wildman–Crippen LogP) is 3.21. The fourth-order valence-corrected chi connectivity index (χ4v) is 1.83. The van der Waals surface area contributed by atoms with E-state index in [4.69, 9.17) is 16.3 Å². The number of H-pyrrole nitrogens is 1. The highest BCUT2D eigenvalue weighted by atomic mass is 35.5. The zero-order valence-corrected chi connectivity index (χ0v) is 10.1. The maximum absolute atomic E-state index is 11.7. The van der Waals surface area contributed by atoms with Gasteiger partial charge in [0.15, 0.2) is 0 Å². The van der Waals surface area contributed by atoms with Crippen molar-refractivity contribution in [1.82, 2.24) is 4.98 Å². The number of allylic oxidation sites excluding steroid dienone is 1. The van der Waals surface area contributed by atoms with Crippen molar-refractivity contribution in [2.75, 3.05) is 13.0 Å². The summed E-state index contributed by atoms with van der Waals surface area (Å²) in [7, 11) is 1.38. The van der Waals surface area contributed by atoms with Crippen LogP contribution in [0.25, 0.3) is 17.0 Å². The maximum atomic E-state index is 11.7. The van der Waals surface area contributed by atoms with Gasteiger partial charge in [-0.15, -0.1) is 11.6 Å². The van der Waals surface area contributed by atoms with E-state index in [-0.39, 0.29) is 5.97 Å². The molecule has 0 radical (unpaired) electrons. The average Bonchev–Trinajstić information content (AvgIpc) is 2.82. The van der Waals surface area contributed by atoms with Crippen LogP contribution in [0.3, 0.4) is 0 Å². The summed E-state index contributed by atoms with van der Waals surface area (Å²) in [5.74, 6) is 0.104. The van der Waals surface area contributed by atoms with Gasteiger partial charge in [0.2, 0.25) is 0 Å². The molecule has 4 heteroatoms. The molecule has 0 aliphatic heterocycles. The minimum absolute atomic E-state index is 0.337. The molecule has 0 unspecified atom stereocenters. The van der Waals surface area contributed by atoms with Crippen molar-refractivity contribution in [1.29, 1.82) is 0 Å². The predicted molar refractivity (Wildman–Crippen MR) is 69.4 cm³/mol. The third kappa shape index (κ3) is 2.34. The van der Waals surface area contributed by atoms with Crippen molar-refractivity contribution in [2.45, 2.75) is 0 Å². The first-order valence-electron chi connectivity index (χ1n) is 5.18. The summed E-state index contributed by atoms with van der Waals surface area (Å²) < 4.78 is 4.77. The molecule has 1 aromatic heterocycles. The Hall–Kier alpha value is -1.74. The number of aromatic amines is 1. The zero-order valence-electron chi connectivity index (χ0n) is 9.37. The van der Waals surface area contributed by atoms with Gasteiger partial charge in [0.05, 0.1) is 12.7 Å². The van der Waals surface area contributed by atoms with E-state index in [1.165, 1.54) is 7.11 Å². The Balaban J connectivity index is 2.58. The first-order chi connectivity index (χ1) is 8.26. The second kappa shape index (κ2) is 5.06. The lowest BCUT2D eigenvalue weighted by Gasteiger charge is -2.03. The summed E-state index contributed by atoms with van der Waals surface area (Å²) in [6, 6.07) is 5.62. The largest absolute Gasteiger partial charge is 0.465 e. The zero-order chi connectivity index (χ0) is 12.3. The lowest BCUT2D eigenvalue weighted by atomic mass is 10.1. The van der Waals surface area contributed by atoms with E-state index in [1.807, 2.05) is 24.3 Å². The van der Waals surface area contributed by atoms with Crippen molar-refractivity contribution >= 4 is 34.5 Å². The molecule has 1 aromatic carbocycles. The maximum Gasteiger partial charge on any atom is 0.338 e. The standard InChI is InChI=1S/C13H12ClNO2/c1-17-13(16)11-7-9(3-2-5-14)8-12-10(11)4-6-15-12/h2-4,6-8,15H,5H2,1H3. The van der Waals surface area contributed by atoms with E-state index in [2.05, 4.69) is 4.98 Å². The van der Waals surface area contributed by atoms with Gasteiger partial charge in [0.25, 0.3) is 0 Å². The molecular weight excluding hydrogens is 238 g/mol. The van der Waals surface area contributed by atoms with Crippen LogP contribution in [0.1, 0.15) is 15.9 Å². The van der Waals surface area contributed by atoms with Crippen LogP contribution in [0.15, 0.2) is 30.5 Å². The summed E-state index contributed by atoms with van der Waals surface area (Å²) >= 11 is 5.59. The number of esters is 1. The molecule has 0 aliphatic carbocycles. The molecule has 3 nitrogen and oxygen atoms in total. The Labute approximate surface area is 104 Å². The van der Waals surface area contributed by atoms with Crippen LogP contribution in [0.4, 0.5) is 0 Å². The number of benzene rings is 1. The van der Waals surface area contributed by atoms with Gasteiger partial charge in [0, 0.05) is 23.0 Å². The number of nitrogens with one attached hydrogen (secondary N) is 1. The first-order valence-corrected chi connectivity index (χ1v) is 5.71. The second-order valence-electron chi connectivity index (χ2n) is 3.56. The molecule has 0 spiro atoms. The van der Waals surface area contributed by atoms with E-state index in [0.29, 0.717) is 11.4 Å². The number of halogens is 1. The van der Waals surface area contributed by atoms with E-state index >= 15 is 0 Å². The molecule has 0 saturated carbocycles. The number of fused-ring (bicyclic) bond motifs is 1. The number of hydrogen-bond acceptors (Lipinski definition) is 2. The number of methoxy groups -OCH3 is 1. The second-order valence-corrected chi connectivity index (χ2v) is 3.86. The lowest BCUT2D eigenvalue weighted by molar-refractivity contribution is 0.0603. The molecular formula is C13H12ClNO2. The minimum Gasteiger partial charge on any atom is -0.465 e. The Bertz CT molecular complexity index is 572. The van der Waals surface area contributed by atoms with Crippen molar-refractivity contribution < 1.29 is 9.53 Å². The highest BCUT2D eigenvalue weighted by Crippen LogP contribution is 2.21. The monoisotopic (exact) mass is 249 g/mol. The Morgan fingerprint density at radius 3 is 3.06 bits per heavy atom. The average molecular weight is 250 g/mol. The molecule has 0 amide bonds. The molecule has 0 bridgehead atoms. The van der Waals surface area contributed by atoms with Crippen LogP contribution in [0, 0.1) is 0 Å². The van der Waals surface area contributed by atoms with Crippen LogP contribution in [0.5, 0.6) is 0 Å². The van der Waals surface area contributed by atoms with Crippen molar-refractivity contribution in [3.8, 4) is 0 Å².